The molecule has 54 valence electrons. The Morgan fingerprint density at radius 3 is 2.33 bits per heavy atom. The van der Waals surface area contributed by atoms with Crippen LogP contribution in [0.1, 0.15) is 13.8 Å². The van der Waals surface area contributed by atoms with Gasteiger partial charge in [0.15, 0.2) is 6.79 Å². The molecule has 0 saturated heterocycles. The van der Waals surface area contributed by atoms with Gasteiger partial charge in [0.05, 0.1) is 0 Å². The summed E-state index contributed by atoms with van der Waals surface area (Å²) in [6.45, 7) is 2.73. The van der Waals surface area contributed by atoms with E-state index in [9.17, 15) is 4.79 Å². The minimum atomic E-state index is -0.699. The van der Waals surface area contributed by atoms with E-state index in [0.717, 1.165) is 0 Å². The van der Waals surface area contributed by atoms with Gasteiger partial charge < -0.3 is 9.84 Å². The fourth-order valence-corrected chi connectivity index (χ4v) is 0.345. The monoisotopic (exact) mass is 196 g/mol. The van der Waals surface area contributed by atoms with E-state index in [1.807, 2.05) is 0 Å². The summed E-state index contributed by atoms with van der Waals surface area (Å²) in [5.41, 5.74) is 0. The Kier molecular flexibility index (Phi) is 3.14. The second-order valence-corrected chi connectivity index (χ2v) is 4.02. The number of hydrogen-bond donors (Lipinski definition) is 1. The molecule has 0 aromatic rings. The van der Waals surface area contributed by atoms with E-state index in [1.165, 1.54) is 0 Å². The molecule has 0 aliphatic carbocycles. The number of aliphatic hydroxyl groups is 1. The average Bonchev–Trinajstić information content (AvgIpc) is 1.64. The number of hydrogen-bond acceptors (Lipinski definition) is 3. The third-order valence-electron chi connectivity index (χ3n) is 0.681. The van der Waals surface area contributed by atoms with E-state index in [4.69, 9.17) is 5.11 Å². The molecule has 4 heteroatoms. The molecule has 0 aliphatic rings. The Labute approximate surface area is 62.1 Å². The number of alkyl halides is 1. The summed E-state index contributed by atoms with van der Waals surface area (Å²) in [5.74, 6) is -0.468. The highest BCUT2D eigenvalue weighted by Gasteiger charge is 2.24. The molecule has 0 bridgehead atoms. The topological polar surface area (TPSA) is 46.5 Å². The summed E-state index contributed by atoms with van der Waals surface area (Å²) in [4.78, 5) is 10.6. The quantitative estimate of drug-likeness (QED) is 0.401. The van der Waals surface area contributed by atoms with E-state index in [2.05, 4.69) is 20.7 Å². The van der Waals surface area contributed by atoms with Crippen molar-refractivity contribution in [1.82, 2.24) is 0 Å². The maximum Gasteiger partial charge on any atom is 0.324 e. The van der Waals surface area contributed by atoms with Crippen LogP contribution < -0.4 is 0 Å². The van der Waals surface area contributed by atoms with Crippen LogP contribution in [0.25, 0.3) is 0 Å². The zero-order valence-corrected chi connectivity index (χ0v) is 6.93. The summed E-state index contributed by atoms with van der Waals surface area (Å²) in [6.07, 6.45) is 0. The Bertz CT molecular complexity index is 105. The minimum Gasteiger partial charge on any atom is -0.438 e. The van der Waals surface area contributed by atoms with E-state index in [0.29, 0.717) is 0 Å². The van der Waals surface area contributed by atoms with Crippen LogP contribution in [0.4, 0.5) is 0 Å². The fraction of sp³-hybridized carbons (Fsp3) is 0.800. The molecule has 0 aromatic heterocycles. The average molecular weight is 197 g/mol. The summed E-state index contributed by atoms with van der Waals surface area (Å²) in [5, 5.41) is 8.14. The number of esters is 1. The SMILES string of the molecule is CC(C)(Br)C(=O)OCO. The number of ether oxygens (including phenoxy) is 1. The number of aliphatic hydroxyl groups excluding tert-OH is 1. The van der Waals surface area contributed by atoms with Crippen LogP contribution in [0.3, 0.4) is 0 Å². The molecule has 1 N–H and O–H groups in total. The normalized spacial score (nSPS) is 11.1. The summed E-state index contributed by atoms with van der Waals surface area (Å²) in [7, 11) is 0. The molecule has 0 unspecified atom stereocenters. The lowest BCUT2D eigenvalue weighted by Crippen LogP contribution is -2.26. The lowest BCUT2D eigenvalue weighted by molar-refractivity contribution is -0.153. The second-order valence-electron chi connectivity index (χ2n) is 2.03. The highest BCUT2D eigenvalue weighted by molar-refractivity contribution is 9.10. The molecular weight excluding hydrogens is 188 g/mol. The maximum absolute atomic E-state index is 10.6. The van der Waals surface area contributed by atoms with Crippen LogP contribution in [0.15, 0.2) is 0 Å². The van der Waals surface area contributed by atoms with Gasteiger partial charge in [-0.3, -0.25) is 4.79 Å². The van der Waals surface area contributed by atoms with Crippen molar-refractivity contribution in [1.29, 1.82) is 0 Å². The van der Waals surface area contributed by atoms with E-state index in [1.54, 1.807) is 13.8 Å². The van der Waals surface area contributed by atoms with E-state index >= 15 is 0 Å². The van der Waals surface area contributed by atoms with Gasteiger partial charge in [0.2, 0.25) is 0 Å². The number of carbonyl (C=O) groups excluding carboxylic acids is 1. The first-order chi connectivity index (χ1) is 3.98. The zero-order chi connectivity index (χ0) is 7.49. The molecule has 0 aliphatic heterocycles. The first-order valence-corrected chi connectivity index (χ1v) is 3.25. The van der Waals surface area contributed by atoms with Crippen molar-refractivity contribution in [2.24, 2.45) is 0 Å². The predicted octanol–water partition coefficient (Wildman–Crippen LogP) is 0.653. The largest absolute Gasteiger partial charge is 0.438 e. The predicted molar refractivity (Wildman–Crippen MR) is 36.2 cm³/mol. The second kappa shape index (κ2) is 3.17. The van der Waals surface area contributed by atoms with Gasteiger partial charge in [0.1, 0.15) is 4.32 Å². The van der Waals surface area contributed by atoms with Crippen LogP contribution in [-0.2, 0) is 9.53 Å². The van der Waals surface area contributed by atoms with Gasteiger partial charge in [-0.05, 0) is 13.8 Å². The van der Waals surface area contributed by atoms with E-state index in [-0.39, 0.29) is 0 Å². The first-order valence-electron chi connectivity index (χ1n) is 2.45. The van der Waals surface area contributed by atoms with Crippen molar-refractivity contribution in [3.8, 4) is 0 Å². The molecule has 0 radical (unpaired) electrons. The van der Waals surface area contributed by atoms with Gasteiger partial charge in [-0.15, -0.1) is 0 Å². The molecule has 0 atom stereocenters. The van der Waals surface area contributed by atoms with Gasteiger partial charge >= 0.3 is 5.97 Å². The Morgan fingerprint density at radius 2 is 2.22 bits per heavy atom. The number of carbonyl (C=O) groups is 1. The van der Waals surface area contributed by atoms with Gasteiger partial charge in [-0.25, -0.2) is 0 Å². The summed E-state index contributed by atoms with van der Waals surface area (Å²) < 4.78 is 3.58. The summed E-state index contributed by atoms with van der Waals surface area (Å²) >= 11 is 3.06. The van der Waals surface area contributed by atoms with Crippen molar-refractivity contribution in [2.75, 3.05) is 6.79 Å². The van der Waals surface area contributed by atoms with Crippen molar-refractivity contribution in [3.63, 3.8) is 0 Å². The third-order valence-corrected chi connectivity index (χ3v) is 1.00. The highest BCUT2D eigenvalue weighted by Crippen LogP contribution is 2.16. The number of rotatable bonds is 2. The molecule has 3 nitrogen and oxygen atoms in total. The van der Waals surface area contributed by atoms with Crippen molar-refractivity contribution in [3.05, 3.63) is 0 Å². The maximum atomic E-state index is 10.6. The molecule has 0 amide bonds. The first kappa shape index (κ1) is 8.91. The fourth-order valence-electron chi connectivity index (χ4n) is 0.230. The standard InChI is InChI=1S/C5H9BrO3/c1-5(2,6)4(8)9-3-7/h7H,3H2,1-2H3. The van der Waals surface area contributed by atoms with Gasteiger partial charge in [0, 0.05) is 0 Å². The van der Waals surface area contributed by atoms with Crippen LogP contribution in [0, 0.1) is 0 Å². The lowest BCUT2D eigenvalue weighted by atomic mass is 10.2. The van der Waals surface area contributed by atoms with Crippen molar-refractivity contribution < 1.29 is 14.6 Å². The van der Waals surface area contributed by atoms with Gasteiger partial charge in [0.25, 0.3) is 0 Å². The molecule has 0 saturated carbocycles. The zero-order valence-electron chi connectivity index (χ0n) is 5.35. The van der Waals surface area contributed by atoms with Gasteiger partial charge in [-0.2, -0.15) is 0 Å². The Morgan fingerprint density at radius 1 is 1.78 bits per heavy atom. The molecule has 9 heavy (non-hydrogen) atoms. The molecule has 0 fully saturated rings. The van der Waals surface area contributed by atoms with Crippen molar-refractivity contribution >= 4 is 21.9 Å². The van der Waals surface area contributed by atoms with Crippen molar-refractivity contribution in [2.45, 2.75) is 18.2 Å². The molecule has 0 heterocycles. The smallest absolute Gasteiger partial charge is 0.324 e. The third kappa shape index (κ3) is 3.48. The molecule has 0 aromatic carbocycles. The molecular formula is C5H9BrO3. The van der Waals surface area contributed by atoms with Crippen LogP contribution in [0.2, 0.25) is 0 Å². The van der Waals surface area contributed by atoms with Gasteiger partial charge in [-0.1, -0.05) is 15.9 Å². The minimum absolute atomic E-state index is 0.468. The Balaban J connectivity index is 3.74. The Hall–Kier alpha value is -0.0900. The van der Waals surface area contributed by atoms with Crippen LogP contribution in [0.5, 0.6) is 0 Å². The van der Waals surface area contributed by atoms with Crippen LogP contribution in [-0.4, -0.2) is 22.2 Å². The molecule has 0 rings (SSSR count). The van der Waals surface area contributed by atoms with E-state index < -0.39 is 17.1 Å². The lowest BCUT2D eigenvalue weighted by Gasteiger charge is -2.12. The highest BCUT2D eigenvalue weighted by atomic mass is 79.9. The summed E-state index contributed by atoms with van der Waals surface area (Å²) in [6, 6.07) is 0. The van der Waals surface area contributed by atoms with Crippen LogP contribution >= 0.6 is 15.9 Å². The molecule has 0 spiro atoms. The number of halogens is 1.